The molecule has 27 heavy (non-hydrogen) atoms. The van der Waals surface area contributed by atoms with Crippen molar-refractivity contribution in [3.05, 3.63) is 17.7 Å². The molecular formula is C15H18N6O6. The summed E-state index contributed by atoms with van der Waals surface area (Å²) in [6, 6.07) is 2.10. The molecule has 2 saturated heterocycles. The van der Waals surface area contributed by atoms with Crippen molar-refractivity contribution in [2.75, 3.05) is 20.8 Å². The highest BCUT2D eigenvalue weighted by atomic mass is 16.5. The molecule has 1 aromatic rings. The number of nitrogens with zero attached hydrogens (tertiary/aromatic N) is 2. The smallest absolute Gasteiger partial charge is 0.321 e. The van der Waals surface area contributed by atoms with Crippen LogP contribution in [0.4, 0.5) is 9.59 Å². The van der Waals surface area contributed by atoms with Gasteiger partial charge >= 0.3 is 12.1 Å². The summed E-state index contributed by atoms with van der Waals surface area (Å²) in [5.41, 5.74) is 2.80. The Hall–Kier alpha value is -3.70. The van der Waals surface area contributed by atoms with E-state index in [1.807, 2.05) is 0 Å². The number of amides is 5. The molecule has 0 aromatic heterocycles. The van der Waals surface area contributed by atoms with Crippen LogP contribution in [0.2, 0.25) is 0 Å². The summed E-state index contributed by atoms with van der Waals surface area (Å²) in [4.78, 5) is 36.4. The SMILES string of the molecule is COc1cc(/C=N/NC(=O)CN2C(=O)N[C@H]3NC(=O)N[C@@H]32)cc(OC)c1O. The van der Waals surface area contributed by atoms with Crippen LogP contribution in [0.1, 0.15) is 5.56 Å². The van der Waals surface area contributed by atoms with Gasteiger partial charge in [-0.2, -0.15) is 5.10 Å². The van der Waals surface area contributed by atoms with Gasteiger partial charge in [0.15, 0.2) is 11.5 Å². The number of benzene rings is 1. The first-order valence-electron chi connectivity index (χ1n) is 7.84. The second kappa shape index (κ2) is 7.27. The highest BCUT2D eigenvalue weighted by Gasteiger charge is 2.45. The number of hydrazone groups is 1. The molecule has 12 nitrogen and oxygen atoms in total. The second-order valence-corrected chi connectivity index (χ2v) is 5.68. The number of rotatable bonds is 6. The molecule has 0 unspecified atom stereocenters. The summed E-state index contributed by atoms with van der Waals surface area (Å²) in [6.07, 6.45) is 0.0947. The molecule has 3 rings (SSSR count). The molecule has 2 heterocycles. The van der Waals surface area contributed by atoms with Gasteiger partial charge < -0.3 is 30.5 Å². The Bertz CT molecular complexity index is 787. The largest absolute Gasteiger partial charge is 0.502 e. The number of phenolic OH excluding ortho intramolecular Hbond substituents is 1. The van der Waals surface area contributed by atoms with Gasteiger partial charge in [0.1, 0.15) is 18.9 Å². The predicted octanol–water partition coefficient (Wildman–Crippen LogP) is -1.15. The van der Waals surface area contributed by atoms with Gasteiger partial charge in [-0.05, 0) is 12.1 Å². The number of methoxy groups -OCH3 is 2. The lowest BCUT2D eigenvalue weighted by atomic mass is 10.2. The van der Waals surface area contributed by atoms with Crippen molar-refractivity contribution in [1.82, 2.24) is 26.3 Å². The van der Waals surface area contributed by atoms with E-state index in [2.05, 4.69) is 26.5 Å². The summed E-state index contributed by atoms with van der Waals surface area (Å²) < 4.78 is 10.1. The molecule has 1 aromatic carbocycles. The monoisotopic (exact) mass is 378 g/mol. The van der Waals surface area contributed by atoms with E-state index in [9.17, 15) is 19.5 Å². The molecular weight excluding hydrogens is 360 g/mol. The zero-order valence-electron chi connectivity index (χ0n) is 14.5. The first-order valence-corrected chi connectivity index (χ1v) is 7.84. The van der Waals surface area contributed by atoms with E-state index in [0.29, 0.717) is 5.56 Å². The fraction of sp³-hybridized carbons (Fsp3) is 0.333. The Morgan fingerprint density at radius 3 is 2.56 bits per heavy atom. The van der Waals surface area contributed by atoms with Crippen LogP contribution in [0.15, 0.2) is 17.2 Å². The van der Waals surface area contributed by atoms with Gasteiger partial charge in [-0.25, -0.2) is 15.0 Å². The molecule has 2 aliphatic rings. The summed E-state index contributed by atoms with van der Waals surface area (Å²) in [6.45, 7) is -0.297. The lowest BCUT2D eigenvalue weighted by molar-refractivity contribution is -0.121. The van der Waals surface area contributed by atoms with Crippen LogP contribution in [-0.4, -0.2) is 67.3 Å². The zero-order chi connectivity index (χ0) is 19.6. The maximum Gasteiger partial charge on any atom is 0.321 e. The van der Waals surface area contributed by atoms with Gasteiger partial charge in [0, 0.05) is 5.56 Å². The van der Waals surface area contributed by atoms with Crippen LogP contribution in [0, 0.1) is 0 Å². The molecule has 5 amide bonds. The Kier molecular flexibility index (Phi) is 4.88. The maximum absolute atomic E-state index is 12.0. The Morgan fingerprint density at radius 2 is 1.93 bits per heavy atom. The van der Waals surface area contributed by atoms with Crippen LogP contribution in [-0.2, 0) is 4.79 Å². The van der Waals surface area contributed by atoms with Crippen molar-refractivity contribution in [2.45, 2.75) is 12.3 Å². The van der Waals surface area contributed by atoms with Gasteiger partial charge in [0.25, 0.3) is 5.91 Å². The lowest BCUT2D eigenvalue weighted by Gasteiger charge is -2.19. The summed E-state index contributed by atoms with van der Waals surface area (Å²) in [7, 11) is 2.78. The third kappa shape index (κ3) is 3.63. The number of carbonyl (C=O) groups is 3. The Balaban J connectivity index is 1.61. The van der Waals surface area contributed by atoms with E-state index < -0.39 is 30.3 Å². The number of fused-ring (bicyclic) bond motifs is 1. The zero-order valence-corrected chi connectivity index (χ0v) is 14.5. The predicted molar refractivity (Wildman–Crippen MR) is 91.4 cm³/mol. The lowest BCUT2D eigenvalue weighted by Crippen LogP contribution is -2.47. The van der Waals surface area contributed by atoms with Crippen molar-refractivity contribution < 1.29 is 29.0 Å². The van der Waals surface area contributed by atoms with Crippen LogP contribution in [0.3, 0.4) is 0 Å². The normalized spacial score (nSPS) is 20.7. The van der Waals surface area contributed by atoms with E-state index in [1.54, 1.807) is 0 Å². The molecule has 144 valence electrons. The third-order valence-electron chi connectivity index (χ3n) is 3.98. The van der Waals surface area contributed by atoms with Gasteiger partial charge in [-0.1, -0.05) is 0 Å². The van der Waals surface area contributed by atoms with Gasteiger partial charge in [0.2, 0.25) is 5.75 Å². The molecule has 0 radical (unpaired) electrons. The number of phenols is 1. The number of ether oxygens (including phenoxy) is 2. The average molecular weight is 378 g/mol. The molecule has 0 spiro atoms. The Labute approximate surface area is 153 Å². The molecule has 0 saturated carbocycles. The van der Waals surface area contributed by atoms with Crippen molar-refractivity contribution >= 4 is 24.2 Å². The van der Waals surface area contributed by atoms with E-state index in [-0.39, 0.29) is 23.8 Å². The number of urea groups is 2. The quantitative estimate of drug-likeness (QED) is 0.311. The standard InChI is InChI=1S/C15H18N6O6/c1-26-8-3-7(4-9(27-2)11(8)23)5-16-20-10(22)6-21-13-12(18-15(21)25)17-14(24)19-13/h3-5,12-13,23H,6H2,1-2H3,(H,18,25)(H,20,22)(H2,17,19,24)/b16-5+/t12-,13-/m1/s1. The number of hydrogen-bond donors (Lipinski definition) is 5. The number of hydrogen-bond acceptors (Lipinski definition) is 7. The van der Waals surface area contributed by atoms with Crippen LogP contribution >= 0.6 is 0 Å². The van der Waals surface area contributed by atoms with Gasteiger partial charge in [0.05, 0.1) is 20.4 Å². The van der Waals surface area contributed by atoms with Gasteiger partial charge in [-0.3, -0.25) is 9.69 Å². The topological polar surface area (TPSA) is 154 Å². The summed E-state index contributed by atoms with van der Waals surface area (Å²) in [5, 5.41) is 21.3. The number of carbonyl (C=O) groups excluding carboxylic acids is 3. The fourth-order valence-electron chi connectivity index (χ4n) is 2.72. The molecule has 0 aliphatic carbocycles. The van der Waals surface area contributed by atoms with E-state index in [1.165, 1.54) is 37.5 Å². The molecule has 2 fully saturated rings. The van der Waals surface area contributed by atoms with Crippen molar-refractivity contribution in [3.8, 4) is 17.2 Å². The van der Waals surface area contributed by atoms with Crippen LogP contribution in [0.25, 0.3) is 0 Å². The molecule has 2 aliphatic heterocycles. The molecule has 2 atom stereocenters. The van der Waals surface area contributed by atoms with Gasteiger partial charge in [-0.15, -0.1) is 0 Å². The minimum Gasteiger partial charge on any atom is -0.502 e. The van der Waals surface area contributed by atoms with E-state index >= 15 is 0 Å². The molecule has 5 N–H and O–H groups in total. The van der Waals surface area contributed by atoms with E-state index in [0.717, 1.165) is 0 Å². The van der Waals surface area contributed by atoms with E-state index in [4.69, 9.17) is 9.47 Å². The van der Waals surface area contributed by atoms with Crippen LogP contribution < -0.4 is 30.8 Å². The first-order chi connectivity index (χ1) is 12.9. The minimum absolute atomic E-state index is 0.150. The Morgan fingerprint density at radius 1 is 1.26 bits per heavy atom. The minimum atomic E-state index is -0.648. The van der Waals surface area contributed by atoms with Crippen molar-refractivity contribution in [1.29, 1.82) is 0 Å². The number of aromatic hydroxyl groups is 1. The molecule has 12 heteroatoms. The second-order valence-electron chi connectivity index (χ2n) is 5.68. The maximum atomic E-state index is 12.0. The summed E-state index contributed by atoms with van der Waals surface area (Å²) >= 11 is 0. The third-order valence-corrected chi connectivity index (χ3v) is 3.98. The van der Waals surface area contributed by atoms with Crippen LogP contribution in [0.5, 0.6) is 17.2 Å². The summed E-state index contributed by atoms with van der Waals surface area (Å²) in [5.74, 6) is -0.332. The number of nitrogens with one attached hydrogen (secondary N) is 4. The average Bonchev–Trinajstić information content (AvgIpc) is 3.12. The van der Waals surface area contributed by atoms with Crippen molar-refractivity contribution in [3.63, 3.8) is 0 Å². The highest BCUT2D eigenvalue weighted by Crippen LogP contribution is 2.36. The van der Waals surface area contributed by atoms with Crippen molar-refractivity contribution in [2.24, 2.45) is 5.10 Å². The molecule has 0 bridgehead atoms. The fourth-order valence-corrected chi connectivity index (χ4v) is 2.72. The first kappa shape index (κ1) is 18.1. The highest BCUT2D eigenvalue weighted by molar-refractivity contribution is 5.89.